The van der Waals surface area contributed by atoms with Gasteiger partial charge >= 0.3 is 0 Å². The molecule has 3 rings (SSSR count). The monoisotopic (exact) mass is 484 g/mol. The molecule has 0 heterocycles. The number of amides is 2. The molecule has 2 amide bonds. The standard InChI is InChI=1S/C26H29FN2O4S/c1-17(2)15-24(26(31)29(18(3)4)22-12-10-21(27)11-13-22)25(30)28-34(32,33)23-14-9-19-7-5-6-8-20(19)16-23/h5-14,16-18,24H,15H2,1-4H3,(H,28,30). The van der Waals surface area contributed by atoms with E-state index >= 15 is 0 Å². The summed E-state index contributed by atoms with van der Waals surface area (Å²) in [7, 11) is -4.20. The van der Waals surface area contributed by atoms with Crippen LogP contribution in [0, 0.1) is 17.7 Å². The van der Waals surface area contributed by atoms with Crippen LogP contribution in [0.15, 0.2) is 71.6 Å². The van der Waals surface area contributed by atoms with Gasteiger partial charge < -0.3 is 4.90 Å². The molecule has 3 aromatic rings. The number of carbonyl (C=O) groups excluding carboxylic acids is 2. The van der Waals surface area contributed by atoms with Crippen LogP contribution in [0.2, 0.25) is 0 Å². The lowest BCUT2D eigenvalue weighted by molar-refractivity contribution is -0.133. The Hall–Kier alpha value is -3.26. The van der Waals surface area contributed by atoms with Gasteiger partial charge in [0.05, 0.1) is 4.90 Å². The molecule has 3 aromatic carbocycles. The van der Waals surface area contributed by atoms with Crippen molar-refractivity contribution in [2.45, 2.75) is 45.1 Å². The van der Waals surface area contributed by atoms with E-state index in [1.54, 1.807) is 32.0 Å². The summed E-state index contributed by atoms with van der Waals surface area (Å²) in [4.78, 5) is 28.0. The fourth-order valence-electron chi connectivity index (χ4n) is 3.84. The number of nitrogens with zero attached hydrogens (tertiary/aromatic N) is 1. The zero-order valence-corrected chi connectivity index (χ0v) is 20.5. The summed E-state index contributed by atoms with van der Waals surface area (Å²) in [6.07, 6.45) is 0.155. The number of hydrogen-bond donors (Lipinski definition) is 1. The maximum atomic E-state index is 13.5. The van der Waals surface area contributed by atoms with Crippen molar-refractivity contribution in [3.63, 3.8) is 0 Å². The first-order valence-electron chi connectivity index (χ1n) is 11.1. The minimum absolute atomic E-state index is 0.0506. The zero-order chi connectivity index (χ0) is 25.0. The Labute approximate surface area is 199 Å². The molecule has 0 aliphatic heterocycles. The van der Waals surface area contributed by atoms with E-state index in [1.165, 1.54) is 41.3 Å². The van der Waals surface area contributed by atoms with E-state index in [-0.39, 0.29) is 23.3 Å². The third-order valence-corrected chi connectivity index (χ3v) is 6.79. The smallest absolute Gasteiger partial charge is 0.264 e. The molecule has 0 saturated heterocycles. The van der Waals surface area contributed by atoms with Crippen molar-refractivity contribution in [3.8, 4) is 0 Å². The number of halogens is 1. The van der Waals surface area contributed by atoms with Gasteiger partial charge in [0.25, 0.3) is 10.0 Å². The van der Waals surface area contributed by atoms with E-state index in [2.05, 4.69) is 4.72 Å². The first kappa shape index (κ1) is 25.4. The Morgan fingerprint density at radius 2 is 1.53 bits per heavy atom. The average molecular weight is 485 g/mol. The molecular formula is C26H29FN2O4S. The van der Waals surface area contributed by atoms with Crippen LogP contribution >= 0.6 is 0 Å². The van der Waals surface area contributed by atoms with Crippen LogP contribution in [-0.2, 0) is 19.6 Å². The number of hydrogen-bond acceptors (Lipinski definition) is 4. The molecule has 1 atom stereocenters. The van der Waals surface area contributed by atoms with Gasteiger partial charge in [0.15, 0.2) is 0 Å². The number of nitrogens with one attached hydrogen (secondary N) is 1. The number of rotatable bonds is 8. The maximum absolute atomic E-state index is 13.5. The summed E-state index contributed by atoms with van der Waals surface area (Å²) in [5.41, 5.74) is 0.431. The highest BCUT2D eigenvalue weighted by Gasteiger charge is 2.35. The number of sulfonamides is 1. The van der Waals surface area contributed by atoms with Crippen LogP contribution in [0.5, 0.6) is 0 Å². The SMILES string of the molecule is CC(C)CC(C(=O)NS(=O)(=O)c1ccc2ccccc2c1)C(=O)N(c1ccc(F)cc1)C(C)C. The van der Waals surface area contributed by atoms with Crippen LogP contribution in [0.25, 0.3) is 10.8 Å². The summed E-state index contributed by atoms with van der Waals surface area (Å²) in [6.45, 7) is 7.25. The van der Waals surface area contributed by atoms with Crippen molar-refractivity contribution in [2.75, 3.05) is 4.90 Å². The largest absolute Gasteiger partial charge is 0.309 e. The molecule has 1 unspecified atom stereocenters. The Bertz CT molecular complexity index is 1290. The fraction of sp³-hybridized carbons (Fsp3) is 0.308. The van der Waals surface area contributed by atoms with Gasteiger partial charge in [-0.15, -0.1) is 0 Å². The molecule has 0 aliphatic carbocycles. The molecular weight excluding hydrogens is 455 g/mol. The van der Waals surface area contributed by atoms with Crippen LogP contribution in [-0.4, -0.2) is 26.3 Å². The van der Waals surface area contributed by atoms with E-state index in [0.29, 0.717) is 5.69 Å². The highest BCUT2D eigenvalue weighted by Crippen LogP contribution is 2.25. The van der Waals surface area contributed by atoms with Crippen molar-refractivity contribution in [3.05, 3.63) is 72.5 Å². The maximum Gasteiger partial charge on any atom is 0.264 e. The van der Waals surface area contributed by atoms with E-state index in [1.807, 2.05) is 26.0 Å². The third-order valence-electron chi connectivity index (χ3n) is 5.45. The third kappa shape index (κ3) is 5.80. The Morgan fingerprint density at radius 3 is 2.12 bits per heavy atom. The first-order valence-corrected chi connectivity index (χ1v) is 12.6. The number of anilines is 1. The van der Waals surface area contributed by atoms with Crippen molar-refractivity contribution < 1.29 is 22.4 Å². The summed E-state index contributed by atoms with van der Waals surface area (Å²) in [5.74, 6) is -3.16. The molecule has 0 radical (unpaired) electrons. The Kier molecular flexibility index (Phi) is 7.71. The quantitative estimate of drug-likeness (QED) is 0.462. The van der Waals surface area contributed by atoms with Gasteiger partial charge in [0.2, 0.25) is 11.8 Å². The van der Waals surface area contributed by atoms with E-state index < -0.39 is 33.6 Å². The number of benzene rings is 3. The Balaban J connectivity index is 1.91. The van der Waals surface area contributed by atoms with Gasteiger partial charge in [-0.05, 0) is 73.4 Å². The lowest BCUT2D eigenvalue weighted by Gasteiger charge is -2.31. The topological polar surface area (TPSA) is 83.5 Å². The van der Waals surface area contributed by atoms with Gasteiger partial charge in [-0.2, -0.15) is 0 Å². The van der Waals surface area contributed by atoms with Gasteiger partial charge in [0.1, 0.15) is 11.7 Å². The number of fused-ring (bicyclic) bond motifs is 1. The van der Waals surface area contributed by atoms with E-state index in [4.69, 9.17) is 0 Å². The molecule has 6 nitrogen and oxygen atoms in total. The van der Waals surface area contributed by atoms with Gasteiger partial charge in [-0.1, -0.05) is 44.2 Å². The van der Waals surface area contributed by atoms with Crippen LogP contribution in [0.1, 0.15) is 34.1 Å². The predicted molar refractivity (Wildman–Crippen MR) is 131 cm³/mol. The number of carbonyl (C=O) groups is 2. The molecule has 34 heavy (non-hydrogen) atoms. The molecule has 0 aromatic heterocycles. The summed E-state index contributed by atoms with van der Waals surface area (Å²) in [6, 6.07) is 16.9. The molecule has 1 N–H and O–H groups in total. The fourth-order valence-corrected chi connectivity index (χ4v) is 4.89. The minimum Gasteiger partial charge on any atom is -0.309 e. The summed E-state index contributed by atoms with van der Waals surface area (Å²) < 4.78 is 41.5. The molecule has 0 saturated carbocycles. The van der Waals surface area contributed by atoms with E-state index in [9.17, 15) is 22.4 Å². The molecule has 8 heteroatoms. The lowest BCUT2D eigenvalue weighted by atomic mass is 9.94. The Morgan fingerprint density at radius 1 is 0.912 bits per heavy atom. The zero-order valence-electron chi connectivity index (χ0n) is 19.7. The normalized spacial score (nSPS) is 12.7. The minimum atomic E-state index is -4.20. The predicted octanol–water partition coefficient (Wildman–Crippen LogP) is 4.89. The second-order valence-corrected chi connectivity index (χ2v) is 10.6. The van der Waals surface area contributed by atoms with Crippen LogP contribution in [0.3, 0.4) is 0 Å². The molecule has 0 fully saturated rings. The van der Waals surface area contributed by atoms with Crippen LogP contribution < -0.4 is 9.62 Å². The molecule has 0 spiro atoms. The van der Waals surface area contributed by atoms with Gasteiger partial charge in [-0.3, -0.25) is 9.59 Å². The molecule has 0 bridgehead atoms. The lowest BCUT2D eigenvalue weighted by Crippen LogP contribution is -2.48. The highest BCUT2D eigenvalue weighted by atomic mass is 32.2. The second kappa shape index (κ2) is 10.3. The van der Waals surface area contributed by atoms with Crippen molar-refractivity contribution in [1.29, 1.82) is 0 Å². The molecule has 0 aliphatic rings. The van der Waals surface area contributed by atoms with Crippen molar-refractivity contribution in [2.24, 2.45) is 11.8 Å². The van der Waals surface area contributed by atoms with E-state index in [0.717, 1.165) is 10.8 Å². The summed E-state index contributed by atoms with van der Waals surface area (Å²) >= 11 is 0. The van der Waals surface area contributed by atoms with Gasteiger partial charge in [0, 0.05) is 11.7 Å². The van der Waals surface area contributed by atoms with Gasteiger partial charge in [-0.25, -0.2) is 17.5 Å². The van der Waals surface area contributed by atoms with Crippen molar-refractivity contribution in [1.82, 2.24) is 4.72 Å². The first-order chi connectivity index (χ1) is 16.0. The second-order valence-electron chi connectivity index (χ2n) is 8.94. The van der Waals surface area contributed by atoms with Crippen molar-refractivity contribution >= 4 is 38.3 Å². The highest BCUT2D eigenvalue weighted by molar-refractivity contribution is 7.90. The van der Waals surface area contributed by atoms with Crippen LogP contribution in [0.4, 0.5) is 10.1 Å². The summed E-state index contributed by atoms with van der Waals surface area (Å²) in [5, 5.41) is 1.59. The molecule has 180 valence electrons. The average Bonchev–Trinajstić information content (AvgIpc) is 2.77.